The van der Waals surface area contributed by atoms with Crippen LogP contribution in [0.4, 0.5) is 4.79 Å². The first-order valence-electron chi connectivity index (χ1n) is 4.89. The highest BCUT2D eigenvalue weighted by molar-refractivity contribution is 5.73. The number of urea groups is 1. The third-order valence-corrected chi connectivity index (χ3v) is 2.74. The lowest BCUT2D eigenvalue weighted by atomic mass is 10.2. The summed E-state index contributed by atoms with van der Waals surface area (Å²) in [4.78, 5) is 13.2. The molecule has 74 valence electrons. The third-order valence-electron chi connectivity index (χ3n) is 2.74. The van der Waals surface area contributed by atoms with E-state index in [4.69, 9.17) is 4.74 Å². The molecular formula is C9H16N2O2. The predicted octanol–water partition coefficient (Wildman–Crippen LogP) is 0.437. The van der Waals surface area contributed by atoms with Crippen molar-refractivity contribution >= 4 is 6.03 Å². The van der Waals surface area contributed by atoms with Crippen LogP contribution >= 0.6 is 0 Å². The van der Waals surface area contributed by atoms with Crippen LogP contribution in [0.3, 0.4) is 0 Å². The molecule has 0 bridgehead atoms. The molecular weight excluding hydrogens is 168 g/mol. The number of carbonyl (C=O) groups excluding carboxylic acids is 1. The predicted molar refractivity (Wildman–Crippen MR) is 48.5 cm³/mol. The Morgan fingerprint density at radius 3 is 2.92 bits per heavy atom. The SMILES string of the molecule is CNC(=O)N1CCOC(C2CC2)C1. The number of rotatable bonds is 1. The number of nitrogens with zero attached hydrogens (tertiary/aromatic N) is 1. The minimum absolute atomic E-state index is 0.0222. The summed E-state index contributed by atoms with van der Waals surface area (Å²) in [6, 6.07) is 0.0222. The molecule has 1 heterocycles. The lowest BCUT2D eigenvalue weighted by Gasteiger charge is -2.32. The molecule has 0 spiro atoms. The Morgan fingerprint density at radius 1 is 1.54 bits per heavy atom. The zero-order chi connectivity index (χ0) is 9.26. The van der Waals surface area contributed by atoms with Crippen molar-refractivity contribution in [3.8, 4) is 0 Å². The molecule has 4 nitrogen and oxygen atoms in total. The maximum Gasteiger partial charge on any atom is 0.317 e. The lowest BCUT2D eigenvalue weighted by Crippen LogP contribution is -2.49. The molecule has 0 radical (unpaired) electrons. The Labute approximate surface area is 78.2 Å². The molecule has 2 aliphatic rings. The number of amides is 2. The van der Waals surface area contributed by atoms with E-state index in [9.17, 15) is 4.79 Å². The molecule has 2 fully saturated rings. The Bertz CT molecular complexity index is 204. The van der Waals surface area contributed by atoms with Gasteiger partial charge in [-0.2, -0.15) is 0 Å². The van der Waals surface area contributed by atoms with Gasteiger partial charge in [-0.15, -0.1) is 0 Å². The summed E-state index contributed by atoms with van der Waals surface area (Å²) in [5.74, 6) is 0.715. The molecule has 1 atom stereocenters. The van der Waals surface area contributed by atoms with Gasteiger partial charge in [-0.25, -0.2) is 4.79 Å². The highest BCUT2D eigenvalue weighted by Crippen LogP contribution is 2.35. The van der Waals surface area contributed by atoms with Gasteiger partial charge < -0.3 is 15.0 Å². The summed E-state index contributed by atoms with van der Waals surface area (Å²) in [5.41, 5.74) is 0. The van der Waals surface area contributed by atoms with Crippen molar-refractivity contribution in [2.24, 2.45) is 5.92 Å². The van der Waals surface area contributed by atoms with Crippen molar-refractivity contribution in [3.05, 3.63) is 0 Å². The maximum absolute atomic E-state index is 11.3. The second-order valence-corrected chi connectivity index (χ2v) is 3.75. The third kappa shape index (κ3) is 1.94. The fraction of sp³-hybridized carbons (Fsp3) is 0.889. The number of hydrogen-bond acceptors (Lipinski definition) is 2. The molecule has 1 aliphatic heterocycles. The van der Waals surface area contributed by atoms with E-state index in [1.165, 1.54) is 12.8 Å². The summed E-state index contributed by atoms with van der Waals surface area (Å²) in [5, 5.41) is 2.65. The molecule has 4 heteroatoms. The van der Waals surface area contributed by atoms with Gasteiger partial charge in [0.15, 0.2) is 0 Å². The molecule has 1 unspecified atom stereocenters. The van der Waals surface area contributed by atoms with Crippen LogP contribution in [0.25, 0.3) is 0 Å². The largest absolute Gasteiger partial charge is 0.374 e. The van der Waals surface area contributed by atoms with Gasteiger partial charge in [0, 0.05) is 20.1 Å². The minimum Gasteiger partial charge on any atom is -0.374 e. The van der Waals surface area contributed by atoms with E-state index in [0.29, 0.717) is 18.6 Å². The van der Waals surface area contributed by atoms with E-state index >= 15 is 0 Å². The summed E-state index contributed by atoms with van der Waals surface area (Å²) >= 11 is 0. The first-order valence-corrected chi connectivity index (χ1v) is 4.89. The van der Waals surface area contributed by atoms with Gasteiger partial charge in [-0.1, -0.05) is 0 Å². The second-order valence-electron chi connectivity index (χ2n) is 3.75. The molecule has 0 aromatic carbocycles. The quantitative estimate of drug-likeness (QED) is 0.642. The van der Waals surface area contributed by atoms with Crippen LogP contribution in [0.1, 0.15) is 12.8 Å². The molecule has 13 heavy (non-hydrogen) atoms. The average Bonchev–Trinajstić information content (AvgIpc) is 3.00. The van der Waals surface area contributed by atoms with E-state index in [-0.39, 0.29) is 6.03 Å². The van der Waals surface area contributed by atoms with Gasteiger partial charge in [0.25, 0.3) is 0 Å². The van der Waals surface area contributed by atoms with Crippen LogP contribution in [-0.4, -0.2) is 43.8 Å². The van der Waals surface area contributed by atoms with Gasteiger partial charge in [0.2, 0.25) is 0 Å². The maximum atomic E-state index is 11.3. The Kier molecular flexibility index (Phi) is 2.40. The fourth-order valence-electron chi connectivity index (χ4n) is 1.77. The van der Waals surface area contributed by atoms with Gasteiger partial charge in [0.1, 0.15) is 0 Å². The van der Waals surface area contributed by atoms with Crippen molar-refractivity contribution in [1.29, 1.82) is 0 Å². The highest BCUT2D eigenvalue weighted by atomic mass is 16.5. The molecule has 1 aliphatic carbocycles. The van der Waals surface area contributed by atoms with Crippen LogP contribution in [0.15, 0.2) is 0 Å². The lowest BCUT2D eigenvalue weighted by molar-refractivity contribution is -0.0250. The van der Waals surface area contributed by atoms with E-state index < -0.39 is 0 Å². The van der Waals surface area contributed by atoms with Crippen LogP contribution in [0, 0.1) is 5.92 Å². The Morgan fingerprint density at radius 2 is 2.31 bits per heavy atom. The van der Waals surface area contributed by atoms with E-state index in [2.05, 4.69) is 5.32 Å². The molecule has 1 saturated heterocycles. The van der Waals surface area contributed by atoms with E-state index in [0.717, 1.165) is 13.1 Å². The number of morpholine rings is 1. The first-order chi connectivity index (χ1) is 6.31. The van der Waals surface area contributed by atoms with Crippen LogP contribution < -0.4 is 5.32 Å². The van der Waals surface area contributed by atoms with Gasteiger partial charge >= 0.3 is 6.03 Å². The summed E-state index contributed by atoms with van der Waals surface area (Å²) in [6.45, 7) is 2.18. The van der Waals surface area contributed by atoms with Crippen molar-refractivity contribution in [2.45, 2.75) is 18.9 Å². The number of hydrogen-bond donors (Lipinski definition) is 1. The molecule has 1 saturated carbocycles. The normalized spacial score (nSPS) is 28.7. The van der Waals surface area contributed by atoms with Crippen molar-refractivity contribution in [1.82, 2.24) is 10.2 Å². The van der Waals surface area contributed by atoms with Gasteiger partial charge in [-0.3, -0.25) is 0 Å². The van der Waals surface area contributed by atoms with Gasteiger partial charge in [-0.05, 0) is 18.8 Å². The molecule has 1 N–H and O–H groups in total. The number of carbonyl (C=O) groups is 1. The van der Waals surface area contributed by atoms with E-state index in [1.807, 2.05) is 4.90 Å². The van der Waals surface area contributed by atoms with Crippen molar-refractivity contribution < 1.29 is 9.53 Å². The number of nitrogens with one attached hydrogen (secondary N) is 1. The average molecular weight is 184 g/mol. The standard InChI is InChI=1S/C9H16N2O2/c1-10-9(12)11-4-5-13-8(6-11)7-2-3-7/h7-8H,2-6H2,1H3,(H,10,12). The molecule has 2 rings (SSSR count). The zero-order valence-corrected chi connectivity index (χ0v) is 7.95. The van der Waals surface area contributed by atoms with E-state index in [1.54, 1.807) is 7.05 Å². The molecule has 0 aromatic heterocycles. The molecule has 0 aromatic rings. The fourth-order valence-corrected chi connectivity index (χ4v) is 1.77. The summed E-state index contributed by atoms with van der Waals surface area (Å²) < 4.78 is 5.61. The molecule has 2 amide bonds. The number of ether oxygens (including phenoxy) is 1. The monoisotopic (exact) mass is 184 g/mol. The first kappa shape index (κ1) is 8.81. The van der Waals surface area contributed by atoms with Crippen LogP contribution in [0.2, 0.25) is 0 Å². The van der Waals surface area contributed by atoms with Crippen molar-refractivity contribution in [2.75, 3.05) is 26.7 Å². The smallest absolute Gasteiger partial charge is 0.317 e. The van der Waals surface area contributed by atoms with Gasteiger partial charge in [0.05, 0.1) is 12.7 Å². The minimum atomic E-state index is 0.0222. The highest BCUT2D eigenvalue weighted by Gasteiger charge is 2.36. The van der Waals surface area contributed by atoms with Crippen LogP contribution in [0.5, 0.6) is 0 Å². The zero-order valence-electron chi connectivity index (χ0n) is 7.95. The summed E-state index contributed by atoms with van der Waals surface area (Å²) in [7, 11) is 1.67. The Hall–Kier alpha value is -0.770. The van der Waals surface area contributed by atoms with Crippen molar-refractivity contribution in [3.63, 3.8) is 0 Å². The topological polar surface area (TPSA) is 41.6 Å². The summed E-state index contributed by atoms with van der Waals surface area (Å²) in [6.07, 6.45) is 2.84. The Balaban J connectivity index is 1.87. The van der Waals surface area contributed by atoms with Crippen LogP contribution in [-0.2, 0) is 4.74 Å². The second kappa shape index (κ2) is 3.54.